The molecule has 28 heavy (non-hydrogen) atoms. The molecule has 0 unspecified atom stereocenters. The van der Waals surface area contributed by atoms with Crippen LogP contribution in [-0.4, -0.2) is 22.0 Å². The first kappa shape index (κ1) is 19.4. The van der Waals surface area contributed by atoms with E-state index in [4.69, 9.17) is 4.74 Å². The Morgan fingerprint density at radius 1 is 1.04 bits per heavy atom. The van der Waals surface area contributed by atoms with Gasteiger partial charge in [-0.15, -0.1) is 0 Å². The van der Waals surface area contributed by atoms with Crippen LogP contribution in [-0.2, 0) is 6.54 Å². The highest BCUT2D eigenvalue weighted by atomic mass is 16.5. The average molecular weight is 376 g/mol. The highest BCUT2D eigenvalue weighted by molar-refractivity contribution is 6.03. The Morgan fingerprint density at radius 2 is 1.79 bits per heavy atom. The Bertz CT molecular complexity index is 939. The number of carbonyl (C=O) groups excluding carboxylic acids is 1. The van der Waals surface area contributed by atoms with Gasteiger partial charge in [-0.1, -0.05) is 36.4 Å². The van der Waals surface area contributed by atoms with E-state index < -0.39 is 0 Å². The summed E-state index contributed by atoms with van der Waals surface area (Å²) in [4.78, 5) is 21.0. The van der Waals surface area contributed by atoms with Gasteiger partial charge in [0.25, 0.3) is 5.91 Å². The van der Waals surface area contributed by atoms with Gasteiger partial charge in [-0.05, 0) is 44.0 Å². The Labute approximate surface area is 165 Å². The van der Waals surface area contributed by atoms with Crippen LogP contribution in [0.2, 0.25) is 0 Å². The lowest BCUT2D eigenvalue weighted by Crippen LogP contribution is -2.16. The predicted octanol–water partition coefficient (Wildman–Crippen LogP) is 4.44. The molecule has 1 heterocycles. The van der Waals surface area contributed by atoms with Gasteiger partial charge in [0.05, 0.1) is 24.2 Å². The van der Waals surface area contributed by atoms with Crippen LogP contribution < -0.4 is 15.4 Å². The van der Waals surface area contributed by atoms with E-state index in [0.717, 1.165) is 0 Å². The van der Waals surface area contributed by atoms with E-state index in [2.05, 4.69) is 39.7 Å². The first-order valence-electron chi connectivity index (χ1n) is 9.20. The van der Waals surface area contributed by atoms with Crippen LogP contribution in [0.15, 0.2) is 60.9 Å². The van der Waals surface area contributed by atoms with Crippen LogP contribution in [0.5, 0.6) is 5.75 Å². The van der Waals surface area contributed by atoms with Crippen LogP contribution >= 0.6 is 0 Å². The molecule has 0 atom stereocenters. The predicted molar refractivity (Wildman–Crippen MR) is 111 cm³/mol. The summed E-state index contributed by atoms with van der Waals surface area (Å²) in [6, 6.07) is 15.5. The number of para-hydroxylation sites is 2. The minimum atomic E-state index is -0.335. The molecule has 144 valence electrons. The Kier molecular flexibility index (Phi) is 6.22. The molecule has 0 saturated heterocycles. The van der Waals surface area contributed by atoms with Crippen molar-refractivity contribution in [2.75, 3.05) is 10.6 Å². The largest absolute Gasteiger partial charge is 0.489 e. The van der Waals surface area contributed by atoms with E-state index in [1.165, 1.54) is 17.3 Å². The fourth-order valence-electron chi connectivity index (χ4n) is 2.64. The zero-order valence-corrected chi connectivity index (χ0v) is 16.3. The molecule has 0 radical (unpaired) electrons. The van der Waals surface area contributed by atoms with E-state index in [0.29, 0.717) is 23.8 Å². The third kappa shape index (κ3) is 5.07. The molecule has 0 fully saturated rings. The van der Waals surface area contributed by atoms with Gasteiger partial charge in [0.2, 0.25) is 0 Å². The molecule has 3 rings (SSSR count). The monoisotopic (exact) mass is 376 g/mol. The summed E-state index contributed by atoms with van der Waals surface area (Å²) >= 11 is 0. The maximum atomic E-state index is 12.5. The summed E-state index contributed by atoms with van der Waals surface area (Å²) in [7, 11) is 0. The molecule has 0 bridgehead atoms. The van der Waals surface area contributed by atoms with Gasteiger partial charge in [0.15, 0.2) is 0 Å². The number of nitrogens with one attached hydrogen (secondary N) is 2. The molecule has 0 saturated carbocycles. The zero-order chi connectivity index (χ0) is 19.9. The average Bonchev–Trinajstić information content (AvgIpc) is 2.69. The van der Waals surface area contributed by atoms with Crippen molar-refractivity contribution >= 4 is 17.4 Å². The van der Waals surface area contributed by atoms with Crippen molar-refractivity contribution in [2.24, 2.45) is 0 Å². The van der Waals surface area contributed by atoms with Crippen molar-refractivity contribution < 1.29 is 9.53 Å². The highest BCUT2D eigenvalue weighted by Crippen LogP contribution is 2.25. The number of benzene rings is 2. The van der Waals surface area contributed by atoms with Gasteiger partial charge >= 0.3 is 0 Å². The Hall–Kier alpha value is -3.41. The highest BCUT2D eigenvalue weighted by Gasteiger charge is 2.12. The summed E-state index contributed by atoms with van der Waals surface area (Å²) in [6.07, 6.45) is 3.03. The summed E-state index contributed by atoms with van der Waals surface area (Å²) in [5, 5.41) is 6.05. The number of anilines is 2. The van der Waals surface area contributed by atoms with Gasteiger partial charge in [0, 0.05) is 6.54 Å². The SMILES string of the molecule is Cc1ccccc1CNc1cnc(C(=O)Nc2ccccc2OC(C)C)cn1. The number of rotatable bonds is 7. The second-order valence-corrected chi connectivity index (χ2v) is 6.68. The van der Waals surface area contributed by atoms with Crippen LogP contribution in [0.25, 0.3) is 0 Å². The number of carbonyl (C=O) groups is 1. The quantitative estimate of drug-likeness (QED) is 0.638. The minimum absolute atomic E-state index is 0.0106. The van der Waals surface area contributed by atoms with Crippen molar-refractivity contribution in [3.05, 3.63) is 77.7 Å². The summed E-state index contributed by atoms with van der Waals surface area (Å²) < 4.78 is 5.72. The molecule has 1 amide bonds. The maximum Gasteiger partial charge on any atom is 0.275 e. The maximum absolute atomic E-state index is 12.5. The molecular formula is C22H24N4O2. The number of hydrogen-bond acceptors (Lipinski definition) is 5. The normalized spacial score (nSPS) is 10.6. The number of aromatic nitrogens is 2. The lowest BCUT2D eigenvalue weighted by molar-refractivity contribution is 0.102. The van der Waals surface area contributed by atoms with Gasteiger partial charge in [-0.2, -0.15) is 0 Å². The number of ether oxygens (including phenoxy) is 1. The van der Waals surface area contributed by atoms with Gasteiger partial charge in [-0.25, -0.2) is 9.97 Å². The first-order chi connectivity index (χ1) is 13.5. The van der Waals surface area contributed by atoms with Crippen LogP contribution in [0.1, 0.15) is 35.5 Å². The van der Waals surface area contributed by atoms with Gasteiger partial charge in [-0.3, -0.25) is 4.79 Å². The topological polar surface area (TPSA) is 76.1 Å². The second-order valence-electron chi connectivity index (χ2n) is 6.68. The molecule has 6 nitrogen and oxygen atoms in total. The lowest BCUT2D eigenvalue weighted by atomic mass is 10.1. The lowest BCUT2D eigenvalue weighted by Gasteiger charge is -2.14. The number of aryl methyl sites for hydroxylation is 1. The fourth-order valence-corrected chi connectivity index (χ4v) is 2.64. The summed E-state index contributed by atoms with van der Waals surface area (Å²) in [5.41, 5.74) is 3.24. The molecule has 1 aromatic heterocycles. The van der Waals surface area contributed by atoms with E-state index in [1.54, 1.807) is 12.3 Å². The molecule has 0 aliphatic carbocycles. The molecule has 0 aliphatic heterocycles. The molecule has 2 N–H and O–H groups in total. The molecule has 2 aromatic carbocycles. The van der Waals surface area contributed by atoms with E-state index in [9.17, 15) is 4.79 Å². The van der Waals surface area contributed by atoms with Crippen LogP contribution in [0.4, 0.5) is 11.5 Å². The van der Waals surface area contributed by atoms with Crippen LogP contribution in [0.3, 0.4) is 0 Å². The van der Waals surface area contributed by atoms with E-state index in [1.807, 2.05) is 44.2 Å². The minimum Gasteiger partial charge on any atom is -0.489 e. The summed E-state index contributed by atoms with van der Waals surface area (Å²) in [5.74, 6) is 0.899. The third-order valence-corrected chi connectivity index (χ3v) is 4.10. The van der Waals surface area contributed by atoms with Crippen LogP contribution in [0, 0.1) is 6.92 Å². The van der Waals surface area contributed by atoms with E-state index in [-0.39, 0.29) is 17.7 Å². The van der Waals surface area contributed by atoms with Crippen molar-refractivity contribution in [3.63, 3.8) is 0 Å². The Balaban J connectivity index is 1.63. The first-order valence-corrected chi connectivity index (χ1v) is 9.20. The standard InChI is InChI=1S/C22H24N4O2/c1-15(2)28-20-11-7-6-10-18(20)26-22(27)19-13-25-21(14-23-19)24-12-17-9-5-4-8-16(17)3/h4-11,13-15H,12H2,1-3H3,(H,24,25)(H,26,27). The molecule has 3 aromatic rings. The molecule has 0 spiro atoms. The third-order valence-electron chi connectivity index (χ3n) is 4.10. The molecule has 0 aliphatic rings. The van der Waals surface area contributed by atoms with Crippen molar-refractivity contribution in [3.8, 4) is 5.75 Å². The second kappa shape index (κ2) is 8.99. The zero-order valence-electron chi connectivity index (χ0n) is 16.3. The summed E-state index contributed by atoms with van der Waals surface area (Å²) in [6.45, 7) is 6.59. The van der Waals surface area contributed by atoms with Crippen molar-refractivity contribution in [1.29, 1.82) is 0 Å². The molecule has 6 heteroatoms. The number of nitrogens with zero attached hydrogens (tertiary/aromatic N) is 2. The number of amides is 1. The van der Waals surface area contributed by atoms with Crippen molar-refractivity contribution in [2.45, 2.75) is 33.4 Å². The smallest absolute Gasteiger partial charge is 0.275 e. The van der Waals surface area contributed by atoms with E-state index >= 15 is 0 Å². The van der Waals surface area contributed by atoms with Crippen molar-refractivity contribution in [1.82, 2.24) is 9.97 Å². The van der Waals surface area contributed by atoms with Gasteiger partial charge < -0.3 is 15.4 Å². The fraction of sp³-hybridized carbons (Fsp3) is 0.227. The Morgan fingerprint density at radius 3 is 2.50 bits per heavy atom. The molecular weight excluding hydrogens is 352 g/mol. The number of hydrogen-bond donors (Lipinski definition) is 2. The van der Waals surface area contributed by atoms with Gasteiger partial charge in [0.1, 0.15) is 17.3 Å².